The molecule has 0 spiro atoms. The molecule has 7 heteroatoms. The number of benzene rings is 2. The van der Waals surface area contributed by atoms with Gasteiger partial charge in [0.25, 0.3) is 5.69 Å². The van der Waals surface area contributed by atoms with Crippen LogP contribution in [-0.4, -0.2) is 16.0 Å². The van der Waals surface area contributed by atoms with Gasteiger partial charge in [-0.3, -0.25) is 10.1 Å². The largest absolute Gasteiger partial charge is 0.478 e. The van der Waals surface area contributed by atoms with Crippen LogP contribution in [0.4, 0.5) is 5.69 Å². The van der Waals surface area contributed by atoms with Gasteiger partial charge in [-0.15, -0.1) is 0 Å². The number of carboxylic acid groups (broad SMARTS) is 1. The number of hydrogen-bond donors (Lipinski definition) is 1. The first-order valence-electron chi connectivity index (χ1n) is 5.42. The minimum absolute atomic E-state index is 0.102. The number of aromatic carboxylic acids is 1. The fraction of sp³-hybridized carbons (Fsp3) is 0. The van der Waals surface area contributed by atoms with Crippen LogP contribution in [0.15, 0.2) is 56.7 Å². The lowest BCUT2D eigenvalue weighted by Crippen LogP contribution is -1.99. The molecule has 0 amide bonds. The van der Waals surface area contributed by atoms with E-state index >= 15 is 0 Å². The van der Waals surface area contributed by atoms with Crippen molar-refractivity contribution < 1.29 is 14.8 Å². The molecule has 0 radical (unpaired) electrons. The number of carboxylic acids is 1. The molecule has 2 rings (SSSR count). The molecule has 0 saturated carbocycles. The Balaban J connectivity index is 2.41. The van der Waals surface area contributed by atoms with Gasteiger partial charge in [-0.1, -0.05) is 33.8 Å². The van der Waals surface area contributed by atoms with E-state index in [1.165, 1.54) is 23.9 Å². The topological polar surface area (TPSA) is 80.4 Å². The number of nitro benzene ring substituents is 1. The van der Waals surface area contributed by atoms with Gasteiger partial charge in [0.05, 0.1) is 15.4 Å². The highest BCUT2D eigenvalue weighted by molar-refractivity contribution is 9.10. The average Bonchev–Trinajstić information content (AvgIpc) is 2.38. The SMILES string of the molecule is O=C(O)c1ccc(Sc2cccc(Br)c2)c([N+](=O)[O-])c1. The Morgan fingerprint density at radius 2 is 2.00 bits per heavy atom. The van der Waals surface area contributed by atoms with Gasteiger partial charge >= 0.3 is 5.97 Å². The molecule has 0 aliphatic rings. The van der Waals surface area contributed by atoms with Crippen molar-refractivity contribution in [2.24, 2.45) is 0 Å². The number of halogens is 1. The third-order valence-electron chi connectivity index (χ3n) is 2.43. The molecule has 0 aliphatic carbocycles. The molecule has 1 N–H and O–H groups in total. The van der Waals surface area contributed by atoms with Crippen LogP contribution in [-0.2, 0) is 0 Å². The zero-order valence-corrected chi connectivity index (χ0v) is 12.3. The van der Waals surface area contributed by atoms with E-state index < -0.39 is 10.9 Å². The summed E-state index contributed by atoms with van der Waals surface area (Å²) in [5, 5.41) is 19.9. The molecular formula is C13H8BrNO4S. The molecule has 0 bridgehead atoms. The van der Waals surface area contributed by atoms with Gasteiger partial charge in [-0.2, -0.15) is 0 Å². The van der Waals surface area contributed by atoms with Crippen molar-refractivity contribution in [1.82, 2.24) is 0 Å². The van der Waals surface area contributed by atoms with Gasteiger partial charge in [0, 0.05) is 15.4 Å². The Labute approximate surface area is 126 Å². The van der Waals surface area contributed by atoms with Crippen LogP contribution in [0.1, 0.15) is 10.4 Å². The van der Waals surface area contributed by atoms with E-state index in [0.29, 0.717) is 4.90 Å². The monoisotopic (exact) mass is 353 g/mol. The summed E-state index contributed by atoms with van der Waals surface area (Å²) >= 11 is 4.54. The third-order valence-corrected chi connectivity index (χ3v) is 3.97. The Hall–Kier alpha value is -1.86. The summed E-state index contributed by atoms with van der Waals surface area (Å²) in [4.78, 5) is 22.5. The van der Waals surface area contributed by atoms with E-state index in [1.54, 1.807) is 0 Å². The van der Waals surface area contributed by atoms with Gasteiger partial charge in [0.15, 0.2) is 0 Å². The van der Waals surface area contributed by atoms with Crippen LogP contribution in [0.25, 0.3) is 0 Å². The molecule has 102 valence electrons. The van der Waals surface area contributed by atoms with Crippen molar-refractivity contribution >= 4 is 39.3 Å². The lowest BCUT2D eigenvalue weighted by molar-refractivity contribution is -0.387. The van der Waals surface area contributed by atoms with Crippen molar-refractivity contribution in [3.8, 4) is 0 Å². The van der Waals surface area contributed by atoms with E-state index in [9.17, 15) is 14.9 Å². The standard InChI is InChI=1S/C13H8BrNO4S/c14-9-2-1-3-10(7-9)20-12-5-4-8(13(16)17)6-11(12)15(18)19/h1-7H,(H,16,17). The second-order valence-corrected chi connectivity index (χ2v) is 5.84. The summed E-state index contributed by atoms with van der Waals surface area (Å²) in [5.74, 6) is -1.19. The molecule has 0 heterocycles. The molecule has 20 heavy (non-hydrogen) atoms. The number of hydrogen-bond acceptors (Lipinski definition) is 4. The van der Waals surface area contributed by atoms with Crippen LogP contribution in [0.3, 0.4) is 0 Å². The molecular weight excluding hydrogens is 346 g/mol. The predicted molar refractivity (Wildman–Crippen MR) is 78.3 cm³/mol. The molecule has 0 saturated heterocycles. The van der Waals surface area contributed by atoms with Crippen LogP contribution in [0.5, 0.6) is 0 Å². The fourth-order valence-corrected chi connectivity index (χ4v) is 3.05. The number of rotatable bonds is 4. The molecule has 2 aromatic carbocycles. The summed E-state index contributed by atoms with van der Waals surface area (Å²) in [5.41, 5.74) is -0.315. The zero-order valence-electron chi connectivity index (χ0n) is 9.95. The second-order valence-electron chi connectivity index (χ2n) is 3.80. The zero-order chi connectivity index (χ0) is 14.7. The summed E-state index contributed by atoms with van der Waals surface area (Å²) in [6.45, 7) is 0. The fourth-order valence-electron chi connectivity index (χ4n) is 1.54. The lowest BCUT2D eigenvalue weighted by atomic mass is 10.2. The average molecular weight is 354 g/mol. The maximum atomic E-state index is 11.0. The van der Waals surface area contributed by atoms with Crippen LogP contribution >= 0.6 is 27.7 Å². The van der Waals surface area contributed by atoms with E-state index in [1.807, 2.05) is 24.3 Å². The molecule has 2 aromatic rings. The number of carbonyl (C=O) groups is 1. The normalized spacial score (nSPS) is 10.2. The van der Waals surface area contributed by atoms with E-state index in [4.69, 9.17) is 5.11 Å². The molecule has 5 nitrogen and oxygen atoms in total. The Morgan fingerprint density at radius 3 is 2.60 bits per heavy atom. The molecule has 0 atom stereocenters. The lowest BCUT2D eigenvalue weighted by Gasteiger charge is -2.04. The number of nitrogens with zero attached hydrogens (tertiary/aromatic N) is 1. The summed E-state index contributed by atoms with van der Waals surface area (Å²) in [6.07, 6.45) is 0. The Bertz CT molecular complexity index is 690. The molecule has 0 aliphatic heterocycles. The smallest absolute Gasteiger partial charge is 0.335 e. The molecule has 0 aromatic heterocycles. The molecule has 0 fully saturated rings. The van der Waals surface area contributed by atoms with Gasteiger partial charge in [0.2, 0.25) is 0 Å². The second kappa shape index (κ2) is 6.06. The van der Waals surface area contributed by atoms with Crippen LogP contribution in [0.2, 0.25) is 0 Å². The summed E-state index contributed by atoms with van der Waals surface area (Å²) in [6, 6.07) is 11.2. The van der Waals surface area contributed by atoms with E-state index in [-0.39, 0.29) is 11.3 Å². The predicted octanol–water partition coefficient (Wildman–Crippen LogP) is 4.21. The van der Waals surface area contributed by atoms with Crippen molar-refractivity contribution in [2.45, 2.75) is 9.79 Å². The van der Waals surface area contributed by atoms with E-state index in [0.717, 1.165) is 15.4 Å². The van der Waals surface area contributed by atoms with Crippen molar-refractivity contribution in [3.63, 3.8) is 0 Å². The van der Waals surface area contributed by atoms with E-state index in [2.05, 4.69) is 15.9 Å². The molecule has 0 unspecified atom stereocenters. The summed E-state index contributed by atoms with van der Waals surface area (Å²) < 4.78 is 0.868. The van der Waals surface area contributed by atoms with Crippen molar-refractivity contribution in [2.75, 3.05) is 0 Å². The highest BCUT2D eigenvalue weighted by Gasteiger charge is 2.18. The van der Waals surface area contributed by atoms with Gasteiger partial charge in [-0.05, 0) is 30.3 Å². The van der Waals surface area contributed by atoms with Gasteiger partial charge < -0.3 is 5.11 Å². The maximum Gasteiger partial charge on any atom is 0.335 e. The van der Waals surface area contributed by atoms with Crippen molar-refractivity contribution in [3.05, 3.63) is 62.6 Å². The first-order chi connectivity index (χ1) is 9.47. The first kappa shape index (κ1) is 14.5. The Kier molecular flexibility index (Phi) is 4.41. The third kappa shape index (κ3) is 3.37. The minimum atomic E-state index is -1.19. The summed E-state index contributed by atoms with van der Waals surface area (Å²) in [7, 11) is 0. The van der Waals surface area contributed by atoms with Crippen molar-refractivity contribution in [1.29, 1.82) is 0 Å². The van der Waals surface area contributed by atoms with Crippen LogP contribution in [0, 0.1) is 10.1 Å². The maximum absolute atomic E-state index is 11.0. The minimum Gasteiger partial charge on any atom is -0.478 e. The van der Waals surface area contributed by atoms with Gasteiger partial charge in [-0.25, -0.2) is 4.79 Å². The highest BCUT2D eigenvalue weighted by atomic mass is 79.9. The highest BCUT2D eigenvalue weighted by Crippen LogP contribution is 2.36. The first-order valence-corrected chi connectivity index (χ1v) is 7.03. The Morgan fingerprint density at radius 1 is 1.25 bits per heavy atom. The quantitative estimate of drug-likeness (QED) is 0.657. The van der Waals surface area contributed by atoms with Gasteiger partial charge in [0.1, 0.15) is 0 Å². The number of nitro groups is 1. The van der Waals surface area contributed by atoms with Crippen LogP contribution < -0.4 is 0 Å².